The van der Waals surface area contributed by atoms with E-state index in [0.29, 0.717) is 6.04 Å². The molecule has 0 aliphatic carbocycles. The van der Waals surface area contributed by atoms with Crippen LogP contribution in [0.25, 0.3) is 0 Å². The molecule has 14 heavy (non-hydrogen) atoms. The highest BCUT2D eigenvalue weighted by Gasteiger charge is 2.18. The fourth-order valence-electron chi connectivity index (χ4n) is 1.47. The highest BCUT2D eigenvalue weighted by molar-refractivity contribution is 9.11. The van der Waals surface area contributed by atoms with Crippen LogP contribution in [0.3, 0.4) is 0 Å². The molecule has 2 heterocycles. The first-order valence-corrected chi connectivity index (χ1v) is 6.13. The molecule has 0 aromatic carbocycles. The summed E-state index contributed by atoms with van der Waals surface area (Å²) in [4.78, 5) is 12.4. The third kappa shape index (κ3) is 2.34. The van der Waals surface area contributed by atoms with E-state index in [2.05, 4.69) is 26.6 Å². The smallest absolute Gasteiger partial charge is 0.261 e. The molecule has 0 saturated carbocycles. The molecule has 1 aromatic rings. The van der Waals surface area contributed by atoms with Crippen LogP contribution in [0.15, 0.2) is 15.9 Å². The zero-order valence-corrected chi connectivity index (χ0v) is 9.95. The molecule has 1 aliphatic heterocycles. The third-order valence-corrected chi connectivity index (χ3v) is 3.81. The molecule has 3 nitrogen and oxygen atoms in total. The number of nitrogens with one attached hydrogen (secondary N) is 2. The first-order chi connectivity index (χ1) is 6.75. The van der Waals surface area contributed by atoms with Crippen LogP contribution in [0, 0.1) is 0 Å². The van der Waals surface area contributed by atoms with Crippen molar-refractivity contribution in [2.45, 2.75) is 12.5 Å². The highest BCUT2D eigenvalue weighted by Crippen LogP contribution is 2.22. The van der Waals surface area contributed by atoms with Gasteiger partial charge in [0, 0.05) is 12.6 Å². The second-order valence-electron chi connectivity index (χ2n) is 3.27. The zero-order valence-electron chi connectivity index (χ0n) is 7.55. The number of thiophene rings is 1. The summed E-state index contributed by atoms with van der Waals surface area (Å²) >= 11 is 4.80. The van der Waals surface area contributed by atoms with Crippen molar-refractivity contribution in [3.05, 3.63) is 20.8 Å². The van der Waals surface area contributed by atoms with Gasteiger partial charge in [-0.15, -0.1) is 11.3 Å². The van der Waals surface area contributed by atoms with Crippen molar-refractivity contribution in [3.8, 4) is 0 Å². The van der Waals surface area contributed by atoms with Crippen molar-refractivity contribution >= 4 is 33.2 Å². The molecule has 1 aromatic heterocycles. The van der Waals surface area contributed by atoms with Crippen LogP contribution in [-0.4, -0.2) is 25.0 Å². The van der Waals surface area contributed by atoms with Crippen LogP contribution in [0.4, 0.5) is 0 Å². The van der Waals surface area contributed by atoms with Gasteiger partial charge in [0.1, 0.15) is 0 Å². The Balaban J connectivity index is 1.95. The summed E-state index contributed by atoms with van der Waals surface area (Å²) in [6.07, 6.45) is 1.03. The Labute approximate surface area is 95.0 Å². The van der Waals surface area contributed by atoms with Gasteiger partial charge in [-0.3, -0.25) is 4.79 Å². The molecule has 76 valence electrons. The first kappa shape index (κ1) is 10.1. The molecule has 0 radical (unpaired) electrons. The van der Waals surface area contributed by atoms with Gasteiger partial charge in [0.05, 0.1) is 8.66 Å². The molecule has 0 unspecified atom stereocenters. The summed E-state index contributed by atoms with van der Waals surface area (Å²) in [5.74, 6) is 0.0365. The summed E-state index contributed by atoms with van der Waals surface area (Å²) in [7, 11) is 0. The van der Waals surface area contributed by atoms with Gasteiger partial charge in [-0.05, 0) is 41.0 Å². The monoisotopic (exact) mass is 274 g/mol. The van der Waals surface area contributed by atoms with E-state index < -0.39 is 0 Å². The largest absolute Gasteiger partial charge is 0.347 e. The summed E-state index contributed by atoms with van der Waals surface area (Å²) in [5, 5.41) is 6.21. The average molecular weight is 275 g/mol. The summed E-state index contributed by atoms with van der Waals surface area (Å²) in [6, 6.07) is 4.03. The molecular weight excluding hydrogens is 264 g/mol. The topological polar surface area (TPSA) is 41.1 Å². The normalized spacial score (nSPS) is 21.1. The van der Waals surface area contributed by atoms with Crippen molar-refractivity contribution in [2.75, 3.05) is 13.1 Å². The minimum Gasteiger partial charge on any atom is -0.347 e. The summed E-state index contributed by atoms with van der Waals surface area (Å²) in [5.41, 5.74) is 0. The van der Waals surface area contributed by atoms with Crippen LogP contribution >= 0.6 is 27.3 Å². The Morgan fingerprint density at radius 2 is 2.50 bits per heavy atom. The van der Waals surface area contributed by atoms with Crippen LogP contribution < -0.4 is 10.6 Å². The van der Waals surface area contributed by atoms with Gasteiger partial charge < -0.3 is 10.6 Å². The molecule has 1 atom stereocenters. The number of hydrogen-bond donors (Lipinski definition) is 2. The molecule has 0 bridgehead atoms. The van der Waals surface area contributed by atoms with E-state index >= 15 is 0 Å². The van der Waals surface area contributed by atoms with E-state index in [0.717, 1.165) is 28.2 Å². The predicted octanol–water partition coefficient (Wildman–Crippen LogP) is 1.60. The minimum absolute atomic E-state index is 0.0365. The lowest BCUT2D eigenvalue weighted by Crippen LogP contribution is -2.35. The predicted molar refractivity (Wildman–Crippen MR) is 60.8 cm³/mol. The third-order valence-electron chi connectivity index (χ3n) is 2.19. The van der Waals surface area contributed by atoms with Crippen molar-refractivity contribution in [3.63, 3.8) is 0 Å². The molecule has 1 fully saturated rings. The van der Waals surface area contributed by atoms with E-state index in [4.69, 9.17) is 0 Å². The maximum absolute atomic E-state index is 11.7. The van der Waals surface area contributed by atoms with Crippen LogP contribution in [-0.2, 0) is 0 Å². The molecule has 2 N–H and O–H groups in total. The van der Waals surface area contributed by atoms with Crippen molar-refractivity contribution in [1.82, 2.24) is 10.6 Å². The molecule has 5 heteroatoms. The zero-order chi connectivity index (χ0) is 9.97. The summed E-state index contributed by atoms with van der Waals surface area (Å²) < 4.78 is 0.993. The van der Waals surface area contributed by atoms with Gasteiger partial charge >= 0.3 is 0 Å². The van der Waals surface area contributed by atoms with Crippen LogP contribution in [0.1, 0.15) is 16.1 Å². The second kappa shape index (κ2) is 4.42. The Morgan fingerprint density at radius 3 is 3.07 bits per heavy atom. The Bertz CT molecular complexity index is 333. The molecule has 1 aliphatic rings. The summed E-state index contributed by atoms with van der Waals surface area (Å²) in [6.45, 7) is 1.89. The van der Waals surface area contributed by atoms with Crippen molar-refractivity contribution in [1.29, 1.82) is 0 Å². The number of hydrogen-bond acceptors (Lipinski definition) is 3. The number of carbonyl (C=O) groups is 1. The molecule has 1 saturated heterocycles. The van der Waals surface area contributed by atoms with Gasteiger partial charge in [-0.1, -0.05) is 0 Å². The van der Waals surface area contributed by atoms with E-state index in [1.165, 1.54) is 11.3 Å². The standard InChI is InChI=1S/C9H11BrN2OS/c10-8-2-1-7(14-8)9(13)12-6-3-4-11-5-6/h1-2,6,11H,3-5H2,(H,12,13)/t6-/m1/s1. The van der Waals surface area contributed by atoms with Crippen LogP contribution in [0.2, 0.25) is 0 Å². The highest BCUT2D eigenvalue weighted by atomic mass is 79.9. The van der Waals surface area contributed by atoms with Crippen molar-refractivity contribution < 1.29 is 4.79 Å². The Morgan fingerprint density at radius 1 is 1.64 bits per heavy atom. The second-order valence-corrected chi connectivity index (χ2v) is 5.73. The van der Waals surface area contributed by atoms with Crippen molar-refractivity contribution in [2.24, 2.45) is 0 Å². The van der Waals surface area contributed by atoms with Gasteiger partial charge in [0.2, 0.25) is 0 Å². The maximum Gasteiger partial charge on any atom is 0.261 e. The molecule has 2 rings (SSSR count). The maximum atomic E-state index is 11.7. The quantitative estimate of drug-likeness (QED) is 0.860. The Kier molecular flexibility index (Phi) is 3.20. The number of halogens is 1. The van der Waals surface area contributed by atoms with Gasteiger partial charge in [0.15, 0.2) is 0 Å². The number of rotatable bonds is 2. The minimum atomic E-state index is 0.0365. The number of carbonyl (C=O) groups excluding carboxylic acids is 1. The van der Waals surface area contributed by atoms with E-state index in [9.17, 15) is 4.79 Å². The lowest BCUT2D eigenvalue weighted by Gasteiger charge is -2.09. The fraction of sp³-hybridized carbons (Fsp3) is 0.444. The van der Waals surface area contributed by atoms with E-state index in [1.807, 2.05) is 12.1 Å². The van der Waals surface area contributed by atoms with Gasteiger partial charge in [-0.2, -0.15) is 0 Å². The average Bonchev–Trinajstić information content (AvgIpc) is 2.75. The Hall–Kier alpha value is -0.390. The molecule has 0 spiro atoms. The van der Waals surface area contributed by atoms with E-state index in [-0.39, 0.29) is 5.91 Å². The van der Waals surface area contributed by atoms with E-state index in [1.54, 1.807) is 0 Å². The van der Waals surface area contributed by atoms with Crippen LogP contribution in [0.5, 0.6) is 0 Å². The lowest BCUT2D eigenvalue weighted by atomic mass is 10.2. The molecule has 1 amide bonds. The number of amides is 1. The van der Waals surface area contributed by atoms with Gasteiger partial charge in [-0.25, -0.2) is 0 Å². The van der Waals surface area contributed by atoms with Gasteiger partial charge in [0.25, 0.3) is 5.91 Å². The lowest BCUT2D eigenvalue weighted by molar-refractivity contribution is 0.0944. The fourth-order valence-corrected chi connectivity index (χ4v) is 2.76. The SMILES string of the molecule is O=C(N[C@@H]1CCNC1)c1ccc(Br)s1. The first-order valence-electron chi connectivity index (χ1n) is 4.52. The molecular formula is C9H11BrN2OS.